The predicted octanol–water partition coefficient (Wildman–Crippen LogP) is 1.40. The minimum Gasteiger partial charge on any atom is -0.313 e. The molecule has 3 heteroatoms. The summed E-state index contributed by atoms with van der Waals surface area (Å²) in [6.07, 6.45) is 2.68. The molecule has 0 atom stereocenters. The quantitative estimate of drug-likeness (QED) is 0.740. The molecule has 0 unspecified atom stereocenters. The zero-order valence-electron chi connectivity index (χ0n) is 11.5. The molecule has 1 fully saturated rings. The number of rotatable bonds is 6. The van der Waals surface area contributed by atoms with Crippen LogP contribution < -0.4 is 5.32 Å². The van der Waals surface area contributed by atoms with Crippen LogP contribution in [0.15, 0.2) is 0 Å². The zero-order chi connectivity index (χ0) is 12.0. The molecule has 0 bridgehead atoms. The summed E-state index contributed by atoms with van der Waals surface area (Å²) in [5, 5.41) is 3.48. The lowest BCUT2D eigenvalue weighted by Gasteiger charge is -2.36. The standard InChI is InChI=1S/C13H29N3/c1-5-16-9-6-13(7-10-16)15(4)11-8-14-12(2)3/h12-14H,5-11H2,1-4H3. The minimum atomic E-state index is 0.607. The average molecular weight is 227 g/mol. The third kappa shape index (κ3) is 4.81. The van der Waals surface area contributed by atoms with E-state index >= 15 is 0 Å². The molecule has 0 aliphatic carbocycles. The molecule has 1 rings (SSSR count). The van der Waals surface area contributed by atoms with E-state index in [-0.39, 0.29) is 0 Å². The van der Waals surface area contributed by atoms with Crippen molar-refractivity contribution in [3.05, 3.63) is 0 Å². The third-order valence-corrected chi connectivity index (χ3v) is 3.64. The van der Waals surface area contributed by atoms with E-state index in [0.717, 1.165) is 12.6 Å². The summed E-state index contributed by atoms with van der Waals surface area (Å²) in [7, 11) is 2.27. The van der Waals surface area contributed by atoms with Crippen molar-refractivity contribution >= 4 is 0 Å². The second-order valence-electron chi connectivity index (χ2n) is 5.25. The van der Waals surface area contributed by atoms with E-state index in [1.807, 2.05) is 0 Å². The second kappa shape index (κ2) is 7.25. The maximum atomic E-state index is 3.48. The summed E-state index contributed by atoms with van der Waals surface area (Å²) in [6, 6.07) is 1.41. The molecular weight excluding hydrogens is 198 g/mol. The van der Waals surface area contributed by atoms with E-state index in [1.54, 1.807) is 0 Å². The van der Waals surface area contributed by atoms with Crippen molar-refractivity contribution in [1.29, 1.82) is 0 Å². The van der Waals surface area contributed by atoms with Gasteiger partial charge in [-0.15, -0.1) is 0 Å². The molecule has 16 heavy (non-hydrogen) atoms. The largest absolute Gasteiger partial charge is 0.313 e. The van der Waals surface area contributed by atoms with E-state index in [4.69, 9.17) is 0 Å². The van der Waals surface area contributed by atoms with Crippen LogP contribution in [0.1, 0.15) is 33.6 Å². The van der Waals surface area contributed by atoms with Crippen molar-refractivity contribution in [3.8, 4) is 0 Å². The van der Waals surface area contributed by atoms with Crippen LogP contribution in [-0.2, 0) is 0 Å². The first-order valence-corrected chi connectivity index (χ1v) is 6.79. The normalized spacial score (nSPS) is 19.9. The third-order valence-electron chi connectivity index (χ3n) is 3.64. The summed E-state index contributed by atoms with van der Waals surface area (Å²) in [4.78, 5) is 5.08. The van der Waals surface area contributed by atoms with Gasteiger partial charge >= 0.3 is 0 Å². The number of likely N-dealkylation sites (tertiary alicyclic amines) is 1. The first-order chi connectivity index (χ1) is 7.63. The predicted molar refractivity (Wildman–Crippen MR) is 70.9 cm³/mol. The molecule has 0 aromatic heterocycles. The van der Waals surface area contributed by atoms with Gasteiger partial charge in [-0.25, -0.2) is 0 Å². The molecule has 0 saturated carbocycles. The Morgan fingerprint density at radius 1 is 1.31 bits per heavy atom. The van der Waals surface area contributed by atoms with Crippen LogP contribution >= 0.6 is 0 Å². The highest BCUT2D eigenvalue weighted by Crippen LogP contribution is 2.14. The Kier molecular flexibility index (Phi) is 6.32. The van der Waals surface area contributed by atoms with Gasteiger partial charge in [-0.1, -0.05) is 20.8 Å². The molecule has 1 N–H and O–H groups in total. The van der Waals surface area contributed by atoms with Crippen molar-refractivity contribution in [1.82, 2.24) is 15.1 Å². The second-order valence-corrected chi connectivity index (χ2v) is 5.25. The number of nitrogens with one attached hydrogen (secondary N) is 1. The number of piperidine rings is 1. The molecular formula is C13H29N3. The Morgan fingerprint density at radius 3 is 2.44 bits per heavy atom. The van der Waals surface area contributed by atoms with E-state index in [0.29, 0.717) is 6.04 Å². The highest BCUT2D eigenvalue weighted by molar-refractivity contribution is 4.78. The Labute approximate surface area is 101 Å². The van der Waals surface area contributed by atoms with Crippen molar-refractivity contribution in [2.24, 2.45) is 0 Å². The highest BCUT2D eigenvalue weighted by Gasteiger charge is 2.20. The van der Waals surface area contributed by atoms with Gasteiger partial charge in [0, 0.05) is 25.2 Å². The summed E-state index contributed by atoms with van der Waals surface area (Å²) in [6.45, 7) is 12.7. The minimum absolute atomic E-state index is 0.607. The molecule has 1 aliphatic rings. The van der Waals surface area contributed by atoms with Crippen LogP contribution in [0.25, 0.3) is 0 Å². The van der Waals surface area contributed by atoms with Gasteiger partial charge in [-0.05, 0) is 39.5 Å². The zero-order valence-corrected chi connectivity index (χ0v) is 11.5. The van der Waals surface area contributed by atoms with Gasteiger partial charge in [0.2, 0.25) is 0 Å². The molecule has 0 radical (unpaired) electrons. The molecule has 0 amide bonds. The summed E-state index contributed by atoms with van der Waals surface area (Å²) >= 11 is 0. The van der Waals surface area contributed by atoms with E-state index in [2.05, 4.69) is 42.9 Å². The van der Waals surface area contributed by atoms with Gasteiger partial charge in [0.05, 0.1) is 0 Å². The molecule has 0 spiro atoms. The Balaban J connectivity index is 2.15. The van der Waals surface area contributed by atoms with Crippen LogP contribution in [0.5, 0.6) is 0 Å². The average Bonchev–Trinajstić information content (AvgIpc) is 2.28. The molecule has 96 valence electrons. The van der Waals surface area contributed by atoms with Crippen molar-refractivity contribution in [2.45, 2.75) is 45.7 Å². The molecule has 3 nitrogen and oxygen atoms in total. The summed E-state index contributed by atoms with van der Waals surface area (Å²) < 4.78 is 0. The van der Waals surface area contributed by atoms with E-state index in [9.17, 15) is 0 Å². The van der Waals surface area contributed by atoms with Gasteiger partial charge < -0.3 is 15.1 Å². The first kappa shape index (κ1) is 13.9. The molecule has 0 aromatic carbocycles. The number of likely N-dealkylation sites (N-methyl/N-ethyl adjacent to an activating group) is 1. The highest BCUT2D eigenvalue weighted by atomic mass is 15.2. The first-order valence-electron chi connectivity index (χ1n) is 6.79. The molecule has 1 saturated heterocycles. The lowest BCUT2D eigenvalue weighted by Crippen LogP contribution is -2.45. The summed E-state index contributed by atoms with van der Waals surface area (Å²) in [5.74, 6) is 0. The fraction of sp³-hybridized carbons (Fsp3) is 1.00. The topological polar surface area (TPSA) is 18.5 Å². The van der Waals surface area contributed by atoms with Gasteiger partial charge in [0.1, 0.15) is 0 Å². The maximum Gasteiger partial charge on any atom is 0.0117 e. The lowest BCUT2D eigenvalue weighted by atomic mass is 10.0. The van der Waals surface area contributed by atoms with Crippen LogP contribution in [0.2, 0.25) is 0 Å². The number of hydrogen-bond acceptors (Lipinski definition) is 3. The number of nitrogens with zero attached hydrogens (tertiary/aromatic N) is 2. The number of hydrogen-bond donors (Lipinski definition) is 1. The van der Waals surface area contributed by atoms with Gasteiger partial charge in [-0.2, -0.15) is 0 Å². The summed E-state index contributed by atoms with van der Waals surface area (Å²) in [5.41, 5.74) is 0. The Bertz CT molecular complexity index is 174. The Morgan fingerprint density at radius 2 is 1.94 bits per heavy atom. The van der Waals surface area contributed by atoms with Crippen molar-refractivity contribution < 1.29 is 0 Å². The SMILES string of the molecule is CCN1CCC(N(C)CCNC(C)C)CC1. The lowest BCUT2D eigenvalue weighted by molar-refractivity contribution is 0.132. The van der Waals surface area contributed by atoms with Gasteiger partial charge in [0.25, 0.3) is 0 Å². The van der Waals surface area contributed by atoms with E-state index < -0.39 is 0 Å². The van der Waals surface area contributed by atoms with Crippen LogP contribution in [0, 0.1) is 0 Å². The molecule has 0 aromatic rings. The molecule has 1 heterocycles. The van der Waals surface area contributed by atoms with Crippen LogP contribution in [0.3, 0.4) is 0 Å². The molecule has 1 aliphatic heterocycles. The Hall–Kier alpha value is -0.120. The van der Waals surface area contributed by atoms with Gasteiger partial charge in [-0.3, -0.25) is 0 Å². The fourth-order valence-electron chi connectivity index (χ4n) is 2.39. The van der Waals surface area contributed by atoms with Crippen molar-refractivity contribution in [3.63, 3.8) is 0 Å². The van der Waals surface area contributed by atoms with Crippen LogP contribution in [0.4, 0.5) is 0 Å². The van der Waals surface area contributed by atoms with E-state index in [1.165, 1.54) is 39.0 Å². The monoisotopic (exact) mass is 227 g/mol. The smallest absolute Gasteiger partial charge is 0.0117 e. The van der Waals surface area contributed by atoms with Crippen molar-refractivity contribution in [2.75, 3.05) is 39.8 Å². The fourth-order valence-corrected chi connectivity index (χ4v) is 2.39. The maximum absolute atomic E-state index is 3.48. The van der Waals surface area contributed by atoms with Gasteiger partial charge in [0.15, 0.2) is 0 Å². The van der Waals surface area contributed by atoms with Crippen LogP contribution in [-0.4, -0.2) is 61.7 Å².